The number of carbonyl (C=O) groups excluding carboxylic acids is 1. The second-order valence-electron chi connectivity index (χ2n) is 5.45. The van der Waals surface area contributed by atoms with E-state index < -0.39 is 0 Å². The molecule has 1 aromatic heterocycles. The minimum atomic E-state index is -0.128. The Labute approximate surface area is 159 Å². The van der Waals surface area contributed by atoms with Gasteiger partial charge in [0.1, 0.15) is 5.82 Å². The minimum Gasteiger partial charge on any atom is -0.342 e. The van der Waals surface area contributed by atoms with Crippen molar-refractivity contribution in [3.05, 3.63) is 63.5 Å². The number of aromatic nitrogens is 2. The monoisotopic (exact) mass is 451 g/mol. The van der Waals surface area contributed by atoms with Crippen LogP contribution in [-0.4, -0.2) is 27.9 Å². The molecule has 0 aliphatic carbocycles. The third kappa shape index (κ3) is 4.10. The molecule has 1 amide bonds. The molecule has 0 unspecified atom stereocenters. The lowest BCUT2D eigenvalue weighted by molar-refractivity contribution is 0.0934. The van der Waals surface area contributed by atoms with E-state index >= 15 is 0 Å². The molecule has 2 N–H and O–H groups in total. The molecule has 0 aliphatic rings. The van der Waals surface area contributed by atoms with Crippen LogP contribution in [0.1, 0.15) is 28.6 Å². The first-order chi connectivity index (χ1) is 11.7. The van der Waals surface area contributed by atoms with Gasteiger partial charge in [0.05, 0.1) is 17.1 Å². The quantitative estimate of drug-likeness (QED) is 0.547. The number of nitrogens with zero attached hydrogens (tertiary/aromatic N) is 1. The van der Waals surface area contributed by atoms with Gasteiger partial charge in [-0.1, -0.05) is 12.1 Å². The van der Waals surface area contributed by atoms with Crippen molar-refractivity contribution in [1.29, 1.82) is 0 Å². The summed E-state index contributed by atoms with van der Waals surface area (Å²) < 4.78 is 1.11. The fraction of sp³-hybridized carbons (Fsp3) is 0.222. The number of rotatable bonds is 6. The van der Waals surface area contributed by atoms with Crippen LogP contribution < -0.4 is 5.32 Å². The molecule has 124 valence electrons. The Hall–Kier alpha value is -1.54. The number of hydrogen-bond donors (Lipinski definition) is 2. The zero-order chi connectivity index (χ0) is 16.9. The van der Waals surface area contributed by atoms with Crippen LogP contribution in [-0.2, 0) is 0 Å². The lowest BCUT2D eigenvalue weighted by Gasteiger charge is -2.16. The molecule has 0 aliphatic heterocycles. The molecule has 4 nitrogen and oxygen atoms in total. The Morgan fingerprint density at radius 2 is 2.00 bits per heavy atom. The van der Waals surface area contributed by atoms with Crippen LogP contribution in [0.2, 0.25) is 0 Å². The number of fused-ring (bicyclic) bond motifs is 1. The first-order valence-electron chi connectivity index (χ1n) is 7.67. The number of carbonyl (C=O) groups is 1. The van der Waals surface area contributed by atoms with Crippen molar-refractivity contribution >= 4 is 51.3 Å². The second kappa shape index (κ2) is 8.02. The number of para-hydroxylation sites is 2. The van der Waals surface area contributed by atoms with Gasteiger partial charge in [-0.05, 0) is 77.4 Å². The molecule has 3 aromatic rings. The normalized spacial score (nSPS) is 12.2. The summed E-state index contributed by atoms with van der Waals surface area (Å²) in [6, 6.07) is 15.4. The van der Waals surface area contributed by atoms with Gasteiger partial charge in [0, 0.05) is 9.13 Å². The van der Waals surface area contributed by atoms with E-state index in [0.29, 0.717) is 5.56 Å². The lowest BCUT2D eigenvalue weighted by Crippen LogP contribution is -2.29. The van der Waals surface area contributed by atoms with Crippen molar-refractivity contribution in [1.82, 2.24) is 15.3 Å². The summed E-state index contributed by atoms with van der Waals surface area (Å²) in [5.41, 5.74) is 2.58. The van der Waals surface area contributed by atoms with E-state index in [-0.39, 0.29) is 11.9 Å². The maximum Gasteiger partial charge on any atom is 0.251 e. The smallest absolute Gasteiger partial charge is 0.251 e. The van der Waals surface area contributed by atoms with Crippen molar-refractivity contribution in [2.24, 2.45) is 0 Å². The number of benzene rings is 2. The van der Waals surface area contributed by atoms with E-state index in [0.717, 1.165) is 32.6 Å². The Kier molecular flexibility index (Phi) is 5.78. The summed E-state index contributed by atoms with van der Waals surface area (Å²) in [4.78, 5) is 20.5. The predicted molar refractivity (Wildman–Crippen MR) is 108 cm³/mol. The lowest BCUT2D eigenvalue weighted by atomic mass is 10.1. The van der Waals surface area contributed by atoms with E-state index in [4.69, 9.17) is 0 Å². The molecule has 3 rings (SSSR count). The van der Waals surface area contributed by atoms with Crippen molar-refractivity contribution in [2.75, 3.05) is 12.0 Å². The Bertz CT molecular complexity index is 799. The van der Waals surface area contributed by atoms with Crippen molar-refractivity contribution in [3.8, 4) is 0 Å². The number of aromatic amines is 1. The summed E-state index contributed by atoms with van der Waals surface area (Å²) in [5.74, 6) is 1.69. The molecule has 6 heteroatoms. The molecule has 1 heterocycles. The summed E-state index contributed by atoms with van der Waals surface area (Å²) >= 11 is 3.99. The van der Waals surface area contributed by atoms with Gasteiger partial charge in [0.25, 0.3) is 5.91 Å². The fourth-order valence-electron chi connectivity index (χ4n) is 2.49. The van der Waals surface area contributed by atoms with Gasteiger partial charge in [-0.15, -0.1) is 0 Å². The molecular formula is C18H18IN3OS. The summed E-state index contributed by atoms with van der Waals surface area (Å²) in [7, 11) is 0. The highest BCUT2D eigenvalue weighted by molar-refractivity contribution is 14.1. The van der Waals surface area contributed by atoms with Crippen LogP contribution in [0, 0.1) is 3.57 Å². The van der Waals surface area contributed by atoms with E-state index in [1.165, 1.54) is 0 Å². The molecule has 0 fully saturated rings. The molecule has 0 saturated carbocycles. The van der Waals surface area contributed by atoms with Crippen molar-refractivity contribution in [2.45, 2.75) is 12.5 Å². The van der Waals surface area contributed by atoms with Crippen LogP contribution in [0.4, 0.5) is 0 Å². The van der Waals surface area contributed by atoms with E-state index in [1.54, 1.807) is 11.8 Å². The zero-order valence-corrected chi connectivity index (χ0v) is 16.2. The fourth-order valence-corrected chi connectivity index (χ4v) is 3.32. The van der Waals surface area contributed by atoms with Crippen LogP contribution in [0.5, 0.6) is 0 Å². The predicted octanol–water partition coefficient (Wildman–Crippen LogP) is 4.39. The number of hydrogen-bond acceptors (Lipinski definition) is 3. The average Bonchev–Trinajstić information content (AvgIpc) is 3.03. The number of imidazole rings is 1. The van der Waals surface area contributed by atoms with Gasteiger partial charge in [-0.2, -0.15) is 11.8 Å². The molecule has 0 bridgehead atoms. The van der Waals surface area contributed by atoms with Gasteiger partial charge >= 0.3 is 0 Å². The molecule has 0 radical (unpaired) electrons. The summed E-state index contributed by atoms with van der Waals surface area (Å²) in [5, 5.41) is 3.12. The Morgan fingerprint density at radius 1 is 1.25 bits per heavy atom. The van der Waals surface area contributed by atoms with Gasteiger partial charge in [-0.3, -0.25) is 4.79 Å². The molecule has 1 atom stereocenters. The molecular weight excluding hydrogens is 433 g/mol. The van der Waals surface area contributed by atoms with E-state index in [9.17, 15) is 4.79 Å². The third-order valence-electron chi connectivity index (χ3n) is 3.76. The first-order valence-corrected chi connectivity index (χ1v) is 10.1. The molecule has 2 aromatic carbocycles. The third-order valence-corrected chi connectivity index (χ3v) is 5.12. The topological polar surface area (TPSA) is 57.8 Å². The highest BCUT2D eigenvalue weighted by atomic mass is 127. The van der Waals surface area contributed by atoms with Gasteiger partial charge in [0.2, 0.25) is 0 Å². The number of halogens is 1. The maximum absolute atomic E-state index is 12.6. The molecule has 24 heavy (non-hydrogen) atoms. The highest BCUT2D eigenvalue weighted by Gasteiger charge is 2.19. The Morgan fingerprint density at radius 3 is 2.71 bits per heavy atom. The van der Waals surface area contributed by atoms with Gasteiger partial charge in [0.15, 0.2) is 0 Å². The van der Waals surface area contributed by atoms with Crippen LogP contribution >= 0.6 is 34.4 Å². The first kappa shape index (κ1) is 17.3. The van der Waals surface area contributed by atoms with Gasteiger partial charge < -0.3 is 10.3 Å². The van der Waals surface area contributed by atoms with Crippen LogP contribution in [0.25, 0.3) is 11.0 Å². The maximum atomic E-state index is 12.6. The van der Waals surface area contributed by atoms with Crippen LogP contribution in [0.15, 0.2) is 48.5 Å². The highest BCUT2D eigenvalue weighted by Crippen LogP contribution is 2.20. The summed E-state index contributed by atoms with van der Waals surface area (Å²) in [6.07, 6.45) is 2.90. The summed E-state index contributed by atoms with van der Waals surface area (Å²) in [6.45, 7) is 0. The largest absolute Gasteiger partial charge is 0.342 e. The number of nitrogens with one attached hydrogen (secondary N) is 2. The minimum absolute atomic E-state index is 0.0713. The number of thioether (sulfide) groups is 1. The molecule has 0 spiro atoms. The Balaban J connectivity index is 1.83. The van der Waals surface area contributed by atoms with Crippen molar-refractivity contribution < 1.29 is 4.79 Å². The van der Waals surface area contributed by atoms with Crippen LogP contribution in [0.3, 0.4) is 0 Å². The SMILES string of the molecule is CSCC[C@H](NC(=O)c1ccc(I)cc1)c1nc2ccccc2[nH]1. The molecule has 0 saturated heterocycles. The number of amides is 1. The number of H-pyrrole nitrogens is 1. The second-order valence-corrected chi connectivity index (χ2v) is 7.68. The van der Waals surface area contributed by atoms with E-state index in [2.05, 4.69) is 44.1 Å². The van der Waals surface area contributed by atoms with Crippen molar-refractivity contribution in [3.63, 3.8) is 0 Å². The average molecular weight is 451 g/mol. The standard InChI is InChI=1S/C18H18IN3OS/c1-24-11-10-16(17-20-14-4-2-3-5-15(14)21-17)22-18(23)12-6-8-13(19)9-7-12/h2-9,16H,10-11H2,1H3,(H,20,21)(H,22,23)/t16-/m0/s1. The van der Waals surface area contributed by atoms with E-state index in [1.807, 2.05) is 48.5 Å². The van der Waals surface area contributed by atoms with Gasteiger partial charge in [-0.25, -0.2) is 4.98 Å². The zero-order valence-electron chi connectivity index (χ0n) is 13.3.